The zero-order valence-electron chi connectivity index (χ0n) is 11.6. The smallest absolute Gasteiger partial charge is 0.257 e. The number of benzene rings is 1. The molecule has 21 heavy (non-hydrogen) atoms. The largest absolute Gasteiger partial charge is 0.338 e. The number of rotatable bonds is 3. The molecule has 5 heteroatoms. The van der Waals surface area contributed by atoms with Crippen molar-refractivity contribution < 1.29 is 4.79 Å². The average molecular weight is 281 g/mol. The highest BCUT2D eigenvalue weighted by Crippen LogP contribution is 2.14. The van der Waals surface area contributed by atoms with E-state index in [-0.39, 0.29) is 18.0 Å². The van der Waals surface area contributed by atoms with Crippen molar-refractivity contribution in [1.29, 1.82) is 0 Å². The molecule has 2 heterocycles. The van der Waals surface area contributed by atoms with Crippen molar-refractivity contribution in [3.8, 4) is 0 Å². The number of H-pyrrole nitrogens is 1. The lowest BCUT2D eigenvalue weighted by Crippen LogP contribution is -2.19. The molecule has 3 rings (SSSR count). The number of carbonyl (C=O) groups is 1. The topological polar surface area (TPSA) is 66.9 Å². The summed E-state index contributed by atoms with van der Waals surface area (Å²) >= 11 is 0. The predicted octanol–water partition coefficient (Wildman–Crippen LogP) is 2.28. The van der Waals surface area contributed by atoms with Crippen LogP contribution < -0.4 is 10.9 Å². The van der Waals surface area contributed by atoms with Crippen LogP contribution in [0.1, 0.15) is 5.56 Å². The molecule has 2 aromatic heterocycles. The number of aryl methyl sites for hydroxylation is 1. The van der Waals surface area contributed by atoms with Crippen LogP contribution in [0.5, 0.6) is 0 Å². The highest BCUT2D eigenvalue weighted by atomic mass is 16.2. The third-order valence-corrected chi connectivity index (χ3v) is 3.44. The maximum atomic E-state index is 12.1. The highest BCUT2D eigenvalue weighted by Gasteiger charge is 2.09. The van der Waals surface area contributed by atoms with Crippen molar-refractivity contribution in [2.75, 3.05) is 5.32 Å². The number of pyridine rings is 1. The van der Waals surface area contributed by atoms with Crippen LogP contribution in [0.4, 0.5) is 5.69 Å². The summed E-state index contributed by atoms with van der Waals surface area (Å²) in [6.45, 7) is 2.11. The lowest BCUT2D eigenvalue weighted by atomic mass is 10.2. The summed E-state index contributed by atoms with van der Waals surface area (Å²) in [7, 11) is 0. The molecular formula is C16H15N3O2. The molecule has 0 bridgehead atoms. The van der Waals surface area contributed by atoms with Gasteiger partial charge in [0.05, 0.1) is 10.9 Å². The number of hydrogen-bond donors (Lipinski definition) is 2. The summed E-state index contributed by atoms with van der Waals surface area (Å²) in [6.07, 6.45) is 3.33. The Balaban J connectivity index is 1.83. The van der Waals surface area contributed by atoms with Gasteiger partial charge >= 0.3 is 0 Å². The van der Waals surface area contributed by atoms with Gasteiger partial charge < -0.3 is 14.9 Å². The van der Waals surface area contributed by atoms with Crippen molar-refractivity contribution in [2.24, 2.45) is 0 Å². The van der Waals surface area contributed by atoms with Crippen LogP contribution in [0.15, 0.2) is 53.6 Å². The van der Waals surface area contributed by atoms with E-state index in [1.165, 1.54) is 0 Å². The van der Waals surface area contributed by atoms with E-state index < -0.39 is 0 Å². The zero-order chi connectivity index (χ0) is 14.8. The molecule has 0 spiro atoms. The normalized spacial score (nSPS) is 10.7. The van der Waals surface area contributed by atoms with Crippen molar-refractivity contribution in [3.63, 3.8) is 0 Å². The molecule has 0 radical (unpaired) electrons. The minimum absolute atomic E-state index is 0.123. The first kappa shape index (κ1) is 13.2. The van der Waals surface area contributed by atoms with Gasteiger partial charge in [0.15, 0.2) is 0 Å². The molecule has 0 saturated carbocycles. The third kappa shape index (κ3) is 2.58. The number of nitrogens with one attached hydrogen (secondary N) is 2. The monoisotopic (exact) mass is 281 g/mol. The molecule has 0 aliphatic rings. The Morgan fingerprint density at radius 2 is 2.05 bits per heavy atom. The van der Waals surface area contributed by atoms with Crippen LogP contribution in [-0.2, 0) is 11.3 Å². The molecule has 0 fully saturated rings. The highest BCUT2D eigenvalue weighted by molar-refractivity contribution is 5.92. The maximum absolute atomic E-state index is 12.1. The van der Waals surface area contributed by atoms with Crippen LogP contribution in [0.2, 0.25) is 0 Å². The number of aromatic nitrogens is 2. The molecule has 1 aromatic carbocycles. The molecule has 0 unspecified atom stereocenters. The second-order valence-electron chi connectivity index (χ2n) is 4.91. The van der Waals surface area contributed by atoms with E-state index in [9.17, 15) is 9.59 Å². The van der Waals surface area contributed by atoms with Gasteiger partial charge in [-0.1, -0.05) is 18.2 Å². The van der Waals surface area contributed by atoms with Gasteiger partial charge in [-0.25, -0.2) is 0 Å². The molecule has 0 aliphatic heterocycles. The van der Waals surface area contributed by atoms with E-state index >= 15 is 0 Å². The summed E-state index contributed by atoms with van der Waals surface area (Å²) in [5.41, 5.74) is 2.42. The summed E-state index contributed by atoms with van der Waals surface area (Å²) in [5.74, 6) is -0.123. The van der Waals surface area contributed by atoms with Gasteiger partial charge in [0.1, 0.15) is 6.54 Å². The Bertz CT molecular complexity index is 861. The first-order valence-electron chi connectivity index (χ1n) is 6.67. The molecule has 106 valence electrons. The van der Waals surface area contributed by atoms with E-state index in [0.717, 1.165) is 16.8 Å². The van der Waals surface area contributed by atoms with E-state index in [4.69, 9.17) is 0 Å². The van der Waals surface area contributed by atoms with Gasteiger partial charge in [0.25, 0.3) is 5.56 Å². The Hall–Kier alpha value is -2.82. The first-order valence-corrected chi connectivity index (χ1v) is 6.67. The minimum Gasteiger partial charge on any atom is -0.338 e. The third-order valence-electron chi connectivity index (χ3n) is 3.44. The number of amides is 1. The number of anilines is 1. The number of nitrogens with zero attached hydrogens (tertiary/aromatic N) is 1. The SMILES string of the molecule is Cc1ccccc1NC(=O)Cn1ccc2c(=O)[nH]ccc21. The van der Waals surface area contributed by atoms with E-state index in [0.29, 0.717) is 5.39 Å². The number of fused-ring (bicyclic) bond motifs is 1. The Morgan fingerprint density at radius 1 is 1.24 bits per heavy atom. The van der Waals surface area contributed by atoms with E-state index in [1.807, 2.05) is 31.2 Å². The maximum Gasteiger partial charge on any atom is 0.257 e. The molecule has 1 amide bonds. The van der Waals surface area contributed by atoms with Gasteiger partial charge in [-0.3, -0.25) is 9.59 Å². The van der Waals surface area contributed by atoms with Crippen LogP contribution in [0, 0.1) is 6.92 Å². The van der Waals surface area contributed by atoms with Crippen LogP contribution >= 0.6 is 0 Å². The molecule has 0 saturated heterocycles. The quantitative estimate of drug-likeness (QED) is 0.773. The summed E-state index contributed by atoms with van der Waals surface area (Å²) in [4.78, 5) is 26.4. The van der Waals surface area contributed by atoms with Crippen LogP contribution in [-0.4, -0.2) is 15.5 Å². The zero-order valence-corrected chi connectivity index (χ0v) is 11.6. The fourth-order valence-electron chi connectivity index (χ4n) is 2.33. The van der Waals surface area contributed by atoms with Gasteiger partial charge in [-0.05, 0) is 30.7 Å². The van der Waals surface area contributed by atoms with Crippen molar-refractivity contribution in [1.82, 2.24) is 9.55 Å². The number of carbonyl (C=O) groups excluding carboxylic acids is 1. The standard InChI is InChI=1S/C16H15N3O2/c1-11-4-2-3-5-13(11)18-15(20)10-19-9-7-12-14(19)6-8-17-16(12)21/h2-9H,10H2,1H3,(H,17,21)(H,18,20). The predicted molar refractivity (Wildman–Crippen MR) is 82.4 cm³/mol. The average Bonchev–Trinajstić information content (AvgIpc) is 2.86. The summed E-state index contributed by atoms with van der Waals surface area (Å²) in [6, 6.07) is 11.1. The fourth-order valence-corrected chi connectivity index (χ4v) is 2.33. The van der Waals surface area contributed by atoms with E-state index in [1.54, 1.807) is 29.1 Å². The van der Waals surface area contributed by atoms with Gasteiger partial charge in [-0.15, -0.1) is 0 Å². The molecule has 3 aromatic rings. The second kappa shape index (κ2) is 5.28. The Labute approximate surface area is 121 Å². The number of aromatic amines is 1. The molecular weight excluding hydrogens is 266 g/mol. The van der Waals surface area contributed by atoms with Crippen LogP contribution in [0.3, 0.4) is 0 Å². The van der Waals surface area contributed by atoms with Gasteiger partial charge in [-0.2, -0.15) is 0 Å². The Kier molecular flexibility index (Phi) is 3.31. The molecule has 2 N–H and O–H groups in total. The first-order chi connectivity index (χ1) is 10.1. The molecule has 0 aliphatic carbocycles. The number of para-hydroxylation sites is 1. The Morgan fingerprint density at radius 3 is 2.86 bits per heavy atom. The van der Waals surface area contributed by atoms with Crippen molar-refractivity contribution >= 4 is 22.5 Å². The van der Waals surface area contributed by atoms with Crippen LogP contribution in [0.25, 0.3) is 10.9 Å². The minimum atomic E-state index is -0.148. The molecule has 5 nitrogen and oxygen atoms in total. The fraction of sp³-hybridized carbons (Fsp3) is 0.125. The lowest BCUT2D eigenvalue weighted by molar-refractivity contribution is -0.116. The lowest BCUT2D eigenvalue weighted by Gasteiger charge is -2.09. The summed E-state index contributed by atoms with van der Waals surface area (Å²) in [5, 5.41) is 3.47. The number of hydrogen-bond acceptors (Lipinski definition) is 2. The molecule has 0 atom stereocenters. The van der Waals surface area contributed by atoms with Crippen molar-refractivity contribution in [2.45, 2.75) is 13.5 Å². The van der Waals surface area contributed by atoms with Gasteiger partial charge in [0, 0.05) is 18.1 Å². The summed E-state index contributed by atoms with van der Waals surface area (Å²) < 4.78 is 1.76. The van der Waals surface area contributed by atoms with Gasteiger partial charge in [0.2, 0.25) is 5.91 Å². The van der Waals surface area contributed by atoms with Crippen molar-refractivity contribution in [3.05, 3.63) is 64.7 Å². The second-order valence-corrected chi connectivity index (χ2v) is 4.91. The van der Waals surface area contributed by atoms with E-state index in [2.05, 4.69) is 10.3 Å².